The van der Waals surface area contributed by atoms with Gasteiger partial charge in [0.15, 0.2) is 11.5 Å². The molecule has 0 spiro atoms. The minimum absolute atomic E-state index is 0.310. The highest BCUT2D eigenvalue weighted by molar-refractivity contribution is 7.66. The zero-order chi connectivity index (χ0) is 35.0. The van der Waals surface area contributed by atoms with Gasteiger partial charge in [0.2, 0.25) is 0 Å². The van der Waals surface area contributed by atoms with Gasteiger partial charge in [-0.1, -0.05) is 6.07 Å². The number of aromatic nitrogens is 2. The molecule has 1 saturated heterocycles. The Balaban J connectivity index is 1.83. The highest BCUT2D eigenvalue weighted by Gasteiger charge is 2.47. The minimum Gasteiger partial charge on any atom is -0.402 e. The van der Waals surface area contributed by atoms with Gasteiger partial charge >= 0.3 is 41.9 Å². The van der Waals surface area contributed by atoms with Crippen LogP contribution in [0.5, 0.6) is 11.5 Å². The maximum absolute atomic E-state index is 12.8. The molecule has 1 fully saturated rings. The van der Waals surface area contributed by atoms with E-state index in [0.717, 1.165) is 6.07 Å². The summed E-state index contributed by atoms with van der Waals surface area (Å²) >= 11 is 0. The summed E-state index contributed by atoms with van der Waals surface area (Å²) in [7, 11) is -17.3. The van der Waals surface area contributed by atoms with Gasteiger partial charge in [0, 0.05) is 6.20 Å². The molecule has 28 heteroatoms. The number of hydrogen-bond acceptors (Lipinski definition) is 13. The van der Waals surface area contributed by atoms with Gasteiger partial charge in [-0.25, -0.2) is 18.5 Å². The van der Waals surface area contributed by atoms with Crippen molar-refractivity contribution in [1.82, 2.24) is 9.55 Å². The van der Waals surface area contributed by atoms with Gasteiger partial charge in [-0.2, -0.15) is 8.62 Å². The van der Waals surface area contributed by atoms with Crippen LogP contribution in [0.25, 0.3) is 0 Å². The van der Waals surface area contributed by atoms with Crippen LogP contribution >= 0.6 is 23.5 Å². The molecule has 1 aliphatic heterocycles. The van der Waals surface area contributed by atoms with Crippen molar-refractivity contribution in [3.05, 3.63) is 56.4 Å². The first-order chi connectivity index (χ1) is 20.7. The molecule has 0 aliphatic carbocycles. The molecule has 0 amide bonds. The summed E-state index contributed by atoms with van der Waals surface area (Å²) in [6.07, 6.45) is -18.0. The predicted octanol–water partition coefficient (Wildman–Crippen LogP) is 0.887. The molecule has 260 valence electrons. The quantitative estimate of drug-likeness (QED) is 0.117. The van der Waals surface area contributed by atoms with Crippen LogP contribution in [0.4, 0.5) is 26.3 Å². The van der Waals surface area contributed by atoms with E-state index in [1.807, 2.05) is 0 Å². The number of benzene rings is 1. The fourth-order valence-corrected chi connectivity index (χ4v) is 6.75. The first-order valence-corrected chi connectivity index (χ1v) is 16.0. The number of H-pyrrole nitrogens is 1. The van der Waals surface area contributed by atoms with Crippen LogP contribution in [0, 0.1) is 0 Å². The summed E-state index contributed by atoms with van der Waals surface area (Å²) in [5.74, 6) is -2.83. The van der Waals surface area contributed by atoms with Crippen molar-refractivity contribution in [3.8, 4) is 11.5 Å². The second-order valence-corrected chi connectivity index (χ2v) is 13.2. The summed E-state index contributed by atoms with van der Waals surface area (Å²) in [5, 5.41) is 20.7. The van der Waals surface area contributed by atoms with E-state index in [2.05, 4.69) is 22.6 Å². The van der Waals surface area contributed by atoms with Crippen LogP contribution in [0.3, 0.4) is 0 Å². The number of nitrogens with one attached hydrogen (secondary N) is 1. The Morgan fingerprint density at radius 2 is 1.46 bits per heavy atom. The molecule has 2 heterocycles. The number of hydrogen-bond donors (Lipinski definition) is 7. The molecule has 1 aromatic carbocycles. The lowest BCUT2D eigenvalue weighted by atomic mass is 10.0. The fraction of sp³-hybridized carbons (Fsp3) is 0.444. The Morgan fingerprint density at radius 3 is 2.02 bits per heavy atom. The molecular formula is C18H19F6N2O17P3. The van der Waals surface area contributed by atoms with E-state index in [-0.39, 0.29) is 5.56 Å². The van der Waals surface area contributed by atoms with Crippen molar-refractivity contribution in [1.29, 1.82) is 0 Å². The van der Waals surface area contributed by atoms with Crippen LogP contribution in [0.1, 0.15) is 17.2 Å². The molecule has 0 bridgehead atoms. The Bertz CT molecular complexity index is 1690. The number of aromatic amines is 1. The van der Waals surface area contributed by atoms with Crippen molar-refractivity contribution in [2.24, 2.45) is 0 Å². The highest BCUT2D eigenvalue weighted by atomic mass is 31.3. The molecule has 19 nitrogen and oxygen atoms in total. The summed E-state index contributed by atoms with van der Waals surface area (Å²) in [6.45, 7) is -2.01. The molecule has 1 aliphatic rings. The molecule has 7 N–H and O–H groups in total. The van der Waals surface area contributed by atoms with Gasteiger partial charge in [-0.3, -0.25) is 18.9 Å². The number of aliphatic hydroxyl groups excluding tert-OH is 2. The Labute approximate surface area is 248 Å². The number of rotatable bonds is 12. The number of phosphoric ester groups is 1. The third kappa shape index (κ3) is 11.0. The second-order valence-electron chi connectivity index (χ2n) is 8.81. The highest BCUT2D eigenvalue weighted by Crippen LogP contribution is 2.66. The zero-order valence-electron chi connectivity index (χ0n) is 21.8. The molecule has 2 aromatic rings. The van der Waals surface area contributed by atoms with Gasteiger partial charge in [0.05, 0.1) is 18.7 Å². The van der Waals surface area contributed by atoms with E-state index in [1.54, 1.807) is 4.98 Å². The molecule has 1 aromatic heterocycles. The van der Waals surface area contributed by atoms with E-state index in [1.165, 1.54) is 0 Å². The standard InChI is InChI=1S/C18H19F6N2O17P3/c19-17(20,21)40-9-2-1-7(3-10(9)41-18(22,23)24)4-26-5-8(15(29)25-16(26)30)14-13(28)12(27)11(39-14)6-38-45(34,35)43-46(36,37)42-44(31,32)33/h1-3,5,11-14,27-28H,4,6H2,(H,34,35)(H,36,37)(H,25,29,30)(H2,31,32,33)/t11-,12-,13-,14+/m1/s1. The van der Waals surface area contributed by atoms with E-state index in [4.69, 9.17) is 14.5 Å². The molecular weight excluding hydrogens is 723 g/mol. The maximum Gasteiger partial charge on any atom is 0.573 e. The van der Waals surface area contributed by atoms with Gasteiger partial charge < -0.3 is 44.0 Å². The van der Waals surface area contributed by atoms with E-state index in [0.29, 0.717) is 22.9 Å². The lowest BCUT2D eigenvalue weighted by Gasteiger charge is -2.19. The first kappa shape index (κ1) is 37.8. The minimum atomic E-state index is -5.91. The third-order valence-electron chi connectivity index (χ3n) is 5.34. The summed E-state index contributed by atoms with van der Waals surface area (Å²) in [6, 6.07) is 1.70. The molecule has 2 unspecified atom stereocenters. The van der Waals surface area contributed by atoms with Gasteiger partial charge in [0.1, 0.15) is 24.4 Å². The number of phosphoric acid groups is 3. The largest absolute Gasteiger partial charge is 0.573 e. The molecule has 3 rings (SSSR count). The monoisotopic (exact) mass is 742 g/mol. The molecule has 6 atom stereocenters. The summed E-state index contributed by atoms with van der Waals surface area (Å²) in [4.78, 5) is 62.5. The molecule has 0 saturated carbocycles. The SMILES string of the molecule is O=c1[nH]c(=O)n(Cc2ccc(OC(F)(F)F)c(OC(F)(F)F)c2)cc1[C@@H]1O[C@H](COP(=O)(O)OP(=O)(O)OP(=O)(O)O)[C@@H](O)[C@H]1O. The fourth-order valence-electron chi connectivity index (χ4n) is 3.72. The smallest absolute Gasteiger partial charge is 0.402 e. The van der Waals surface area contributed by atoms with Crippen LogP contribution in [-0.4, -0.2) is 77.0 Å². The van der Waals surface area contributed by atoms with E-state index < -0.39 is 102 Å². The number of halogens is 6. The van der Waals surface area contributed by atoms with Crippen molar-refractivity contribution in [3.63, 3.8) is 0 Å². The Kier molecular flexibility index (Phi) is 11.1. The zero-order valence-corrected chi connectivity index (χ0v) is 24.4. The number of aliphatic hydroxyl groups is 2. The summed E-state index contributed by atoms with van der Waals surface area (Å²) in [5.41, 5.74) is -3.42. The van der Waals surface area contributed by atoms with Gasteiger partial charge in [-0.05, 0) is 17.7 Å². The first-order valence-electron chi connectivity index (χ1n) is 11.5. The second kappa shape index (κ2) is 13.5. The average molecular weight is 742 g/mol. The van der Waals surface area contributed by atoms with Gasteiger partial charge in [0.25, 0.3) is 5.56 Å². The normalized spacial score (nSPS) is 23.5. The van der Waals surface area contributed by atoms with Crippen LogP contribution in [0.2, 0.25) is 0 Å². The van der Waals surface area contributed by atoms with Crippen molar-refractivity contribution in [2.75, 3.05) is 6.61 Å². The maximum atomic E-state index is 12.8. The number of ether oxygens (including phenoxy) is 3. The lowest BCUT2D eigenvalue weighted by Crippen LogP contribution is -2.36. The van der Waals surface area contributed by atoms with Crippen molar-refractivity contribution >= 4 is 23.5 Å². The van der Waals surface area contributed by atoms with Crippen LogP contribution < -0.4 is 20.7 Å². The number of nitrogens with zero attached hydrogens (tertiary/aromatic N) is 1. The molecule has 0 radical (unpaired) electrons. The molecule has 46 heavy (non-hydrogen) atoms. The van der Waals surface area contributed by atoms with Crippen LogP contribution in [-0.2, 0) is 38.1 Å². The topological polar surface area (TPSA) is 283 Å². The van der Waals surface area contributed by atoms with Crippen molar-refractivity contribution < 1.29 is 97.2 Å². The predicted molar refractivity (Wildman–Crippen MR) is 130 cm³/mol. The summed E-state index contributed by atoms with van der Waals surface area (Å²) < 4.78 is 134. The van der Waals surface area contributed by atoms with Gasteiger partial charge in [-0.15, -0.1) is 26.3 Å². The average Bonchev–Trinajstić information content (AvgIpc) is 3.10. The van der Waals surface area contributed by atoms with E-state index in [9.17, 15) is 69.6 Å². The number of alkyl halides is 6. The van der Waals surface area contributed by atoms with Crippen molar-refractivity contribution in [2.45, 2.75) is 43.7 Å². The lowest BCUT2D eigenvalue weighted by molar-refractivity contribution is -0.287. The van der Waals surface area contributed by atoms with Crippen LogP contribution in [0.15, 0.2) is 34.0 Å². The third-order valence-corrected chi connectivity index (χ3v) is 9.14. The van der Waals surface area contributed by atoms with E-state index >= 15 is 0 Å². The Hall–Kier alpha value is -2.63. The Morgan fingerprint density at radius 1 is 0.870 bits per heavy atom.